The number of likely N-dealkylation sites (tertiary alicyclic amines) is 1. The molecule has 1 atom stereocenters. The minimum Gasteiger partial charge on any atom is -0.435 e. The van der Waals surface area contributed by atoms with E-state index >= 15 is 0 Å². The first kappa shape index (κ1) is 32.3. The molecule has 7 rings (SSSR count). The number of nitrogens with zero attached hydrogens (tertiary/aromatic N) is 6. The topological polar surface area (TPSA) is 136 Å². The van der Waals surface area contributed by atoms with Gasteiger partial charge in [0.15, 0.2) is 11.4 Å². The number of hydrogen-bond acceptors (Lipinski definition) is 10. The maximum absolute atomic E-state index is 9.96. The van der Waals surface area contributed by atoms with E-state index in [1.807, 2.05) is 49.5 Å². The number of oxazole rings is 1. The summed E-state index contributed by atoms with van der Waals surface area (Å²) in [5.41, 5.74) is 11.3. The number of anilines is 2. The average Bonchev–Trinajstić information content (AvgIpc) is 3.75. The van der Waals surface area contributed by atoms with Crippen LogP contribution in [0, 0.1) is 32.1 Å². The van der Waals surface area contributed by atoms with Crippen LogP contribution >= 0.6 is 0 Å². The van der Waals surface area contributed by atoms with Crippen molar-refractivity contribution in [3.8, 4) is 28.7 Å². The number of nitriles is 1. The molecule has 4 heterocycles. The first-order valence-corrected chi connectivity index (χ1v) is 16.8. The molecule has 0 spiro atoms. The molecule has 3 aromatic carbocycles. The van der Waals surface area contributed by atoms with Crippen molar-refractivity contribution in [2.75, 3.05) is 25.0 Å². The Kier molecular flexibility index (Phi) is 9.06. The van der Waals surface area contributed by atoms with Crippen molar-refractivity contribution in [2.24, 2.45) is 0 Å². The van der Waals surface area contributed by atoms with Gasteiger partial charge in [0, 0.05) is 37.1 Å². The largest absolute Gasteiger partial charge is 0.435 e. The maximum atomic E-state index is 9.96. The Hall–Kier alpha value is -5.21. The number of aromatic nitrogens is 4. The van der Waals surface area contributed by atoms with Crippen molar-refractivity contribution in [3.05, 3.63) is 94.4 Å². The fourth-order valence-electron chi connectivity index (χ4n) is 6.71. The molecule has 6 aromatic rings. The van der Waals surface area contributed by atoms with Crippen LogP contribution in [0.4, 0.5) is 11.5 Å². The summed E-state index contributed by atoms with van der Waals surface area (Å²) in [6.45, 7) is 11.9. The van der Waals surface area contributed by atoms with Crippen LogP contribution in [-0.4, -0.2) is 55.7 Å². The molecule has 1 saturated heterocycles. The number of aryl methyl sites for hydroxylation is 1. The van der Waals surface area contributed by atoms with Gasteiger partial charge < -0.3 is 20.2 Å². The highest BCUT2D eigenvalue weighted by Gasteiger charge is 2.20. The van der Waals surface area contributed by atoms with E-state index in [-0.39, 0.29) is 0 Å². The van der Waals surface area contributed by atoms with E-state index in [1.54, 1.807) is 6.92 Å². The molecule has 1 aliphatic heterocycles. The van der Waals surface area contributed by atoms with Crippen LogP contribution in [0.15, 0.2) is 65.2 Å². The lowest BCUT2D eigenvalue weighted by atomic mass is 9.93. The summed E-state index contributed by atoms with van der Waals surface area (Å²) in [7, 11) is 0. The van der Waals surface area contributed by atoms with Crippen molar-refractivity contribution >= 4 is 33.6 Å². The molecule has 0 radical (unpaired) electrons. The van der Waals surface area contributed by atoms with Gasteiger partial charge in [0.2, 0.25) is 5.89 Å². The monoisotopic (exact) mass is 652 g/mol. The molecule has 3 aromatic heterocycles. The molecule has 0 unspecified atom stereocenters. The summed E-state index contributed by atoms with van der Waals surface area (Å²) in [4.78, 5) is 21.4. The number of nitrogens with one attached hydrogen (secondary N) is 2. The number of aliphatic hydroxyl groups is 1. The molecule has 0 amide bonds. The van der Waals surface area contributed by atoms with Crippen LogP contribution in [-0.2, 0) is 13.1 Å². The van der Waals surface area contributed by atoms with Gasteiger partial charge in [0.05, 0.1) is 17.2 Å². The van der Waals surface area contributed by atoms with Crippen LogP contribution in [0.25, 0.3) is 44.7 Å². The Morgan fingerprint density at radius 3 is 2.43 bits per heavy atom. The number of rotatable bonds is 10. The van der Waals surface area contributed by atoms with Crippen LogP contribution in [0.2, 0.25) is 0 Å². The van der Waals surface area contributed by atoms with Crippen molar-refractivity contribution < 1.29 is 9.52 Å². The average molecular weight is 653 g/mol. The van der Waals surface area contributed by atoms with Gasteiger partial charge in [-0.1, -0.05) is 24.3 Å². The third-order valence-electron chi connectivity index (χ3n) is 9.19. The summed E-state index contributed by atoms with van der Waals surface area (Å²) < 4.78 is 6.30. The van der Waals surface area contributed by atoms with Gasteiger partial charge >= 0.3 is 0 Å². The van der Waals surface area contributed by atoms with Crippen LogP contribution < -0.4 is 10.6 Å². The number of benzene rings is 3. The summed E-state index contributed by atoms with van der Waals surface area (Å²) in [5.74, 6) is 1.79. The van der Waals surface area contributed by atoms with E-state index in [4.69, 9.17) is 19.4 Å². The zero-order valence-electron chi connectivity index (χ0n) is 28.3. The summed E-state index contributed by atoms with van der Waals surface area (Å²) in [6, 6.07) is 20.7. The second-order valence-electron chi connectivity index (χ2n) is 13.0. The molecule has 0 saturated carbocycles. The molecule has 1 fully saturated rings. The Morgan fingerprint density at radius 1 is 0.918 bits per heavy atom. The predicted molar refractivity (Wildman–Crippen MR) is 192 cm³/mol. The molecule has 3 N–H and O–H groups in total. The zero-order chi connectivity index (χ0) is 34.1. The second-order valence-corrected chi connectivity index (χ2v) is 13.0. The number of aliphatic hydroxyl groups excluding tert-OH is 1. The summed E-state index contributed by atoms with van der Waals surface area (Å²) >= 11 is 0. The quantitative estimate of drug-likeness (QED) is 0.140. The van der Waals surface area contributed by atoms with Crippen molar-refractivity contribution in [3.63, 3.8) is 0 Å². The lowest BCUT2D eigenvalue weighted by Crippen LogP contribution is -2.23. The summed E-state index contributed by atoms with van der Waals surface area (Å²) in [6.07, 6.45) is 3.83. The predicted octanol–water partition coefficient (Wildman–Crippen LogP) is 7.11. The normalized spacial score (nSPS) is 14.0. The lowest BCUT2D eigenvalue weighted by molar-refractivity contribution is 0.191. The highest BCUT2D eigenvalue weighted by Crippen LogP contribution is 2.37. The number of pyridine rings is 1. The van der Waals surface area contributed by atoms with Crippen LogP contribution in [0.1, 0.15) is 53.4 Å². The molecule has 0 bridgehead atoms. The molecule has 1 aliphatic rings. The van der Waals surface area contributed by atoms with E-state index in [0.29, 0.717) is 52.8 Å². The fourth-order valence-corrected chi connectivity index (χ4v) is 6.71. The van der Waals surface area contributed by atoms with E-state index in [2.05, 4.69) is 58.6 Å². The van der Waals surface area contributed by atoms with Crippen molar-refractivity contribution in [1.82, 2.24) is 30.2 Å². The Balaban J connectivity index is 1.20. The summed E-state index contributed by atoms with van der Waals surface area (Å²) in [5, 5.41) is 26.3. The third-order valence-corrected chi connectivity index (χ3v) is 9.19. The Morgan fingerprint density at radius 2 is 1.65 bits per heavy atom. The second kappa shape index (κ2) is 13.7. The van der Waals surface area contributed by atoms with E-state index in [1.165, 1.54) is 12.8 Å². The molecule has 248 valence electrons. The smallest absolute Gasteiger partial charge is 0.227 e. The standard InChI is InChI=1S/C39H40N8O2/c1-23(48)19-41-20-28-17-34-36(42-21-28)38(44-26(4)43-34)45-33-12-8-10-31(25(33)3)30-9-7-11-32(24(30)2)39-46-35-16-27(22-47-13-5-6-14-47)15-29(18-40)37(35)49-39/h7-12,15-17,21,23,41,48H,5-6,13-14,19-20,22H2,1-4H3,(H,43,44,45)/t23-/m0/s1. The van der Waals surface area contributed by atoms with Gasteiger partial charge in [0.1, 0.15) is 22.9 Å². The van der Waals surface area contributed by atoms with Gasteiger partial charge in [-0.15, -0.1) is 0 Å². The highest BCUT2D eigenvalue weighted by atomic mass is 16.3. The molecule has 10 nitrogen and oxygen atoms in total. The van der Waals surface area contributed by atoms with E-state index < -0.39 is 6.10 Å². The van der Waals surface area contributed by atoms with Crippen molar-refractivity contribution in [2.45, 2.75) is 59.7 Å². The minimum atomic E-state index is -0.420. The van der Waals surface area contributed by atoms with E-state index in [0.717, 1.165) is 69.8 Å². The lowest BCUT2D eigenvalue weighted by Gasteiger charge is -2.17. The van der Waals surface area contributed by atoms with Crippen LogP contribution in [0.3, 0.4) is 0 Å². The SMILES string of the molecule is Cc1nc(Nc2cccc(-c3cccc(-c4nc5cc(CN6CCCC6)cc(C#N)c5o4)c3C)c2C)c2ncc(CNC[C@H](C)O)cc2n1. The van der Waals surface area contributed by atoms with Crippen LogP contribution in [0.5, 0.6) is 0 Å². The van der Waals surface area contributed by atoms with Crippen molar-refractivity contribution in [1.29, 1.82) is 5.26 Å². The Labute approximate surface area is 285 Å². The van der Waals surface area contributed by atoms with Gasteiger partial charge in [-0.05, 0) is 117 Å². The molecule has 0 aliphatic carbocycles. The zero-order valence-corrected chi connectivity index (χ0v) is 28.3. The van der Waals surface area contributed by atoms with Gasteiger partial charge in [0.25, 0.3) is 0 Å². The van der Waals surface area contributed by atoms with E-state index in [9.17, 15) is 10.4 Å². The molecular formula is C39H40N8O2. The molecule has 10 heteroatoms. The van der Waals surface area contributed by atoms with Gasteiger partial charge in [-0.3, -0.25) is 9.88 Å². The maximum Gasteiger partial charge on any atom is 0.227 e. The molecule has 49 heavy (non-hydrogen) atoms. The number of fused-ring (bicyclic) bond motifs is 2. The molecular weight excluding hydrogens is 612 g/mol. The first-order valence-electron chi connectivity index (χ1n) is 16.8. The highest BCUT2D eigenvalue weighted by molar-refractivity contribution is 5.89. The third kappa shape index (κ3) is 6.74. The van der Waals surface area contributed by atoms with Gasteiger partial charge in [-0.2, -0.15) is 5.26 Å². The van der Waals surface area contributed by atoms with Gasteiger partial charge in [-0.25, -0.2) is 15.0 Å². The minimum absolute atomic E-state index is 0.420. The fraction of sp³-hybridized carbons (Fsp3) is 0.308. The number of hydrogen-bond donors (Lipinski definition) is 3. The Bertz CT molecular complexity index is 2210. The first-order chi connectivity index (χ1) is 23.8.